The molecule has 4 rings (SSSR count). The predicted molar refractivity (Wildman–Crippen MR) is 81.6 cm³/mol. The van der Waals surface area contributed by atoms with Crippen molar-refractivity contribution in [3.8, 4) is 11.5 Å². The van der Waals surface area contributed by atoms with Crippen LogP contribution in [0.2, 0.25) is 0 Å². The van der Waals surface area contributed by atoms with Crippen molar-refractivity contribution < 1.29 is 9.47 Å². The molecule has 0 radical (unpaired) electrons. The summed E-state index contributed by atoms with van der Waals surface area (Å²) in [7, 11) is 0. The van der Waals surface area contributed by atoms with Crippen molar-refractivity contribution >= 4 is 17.5 Å². The van der Waals surface area contributed by atoms with Crippen molar-refractivity contribution in [3.05, 3.63) is 24.4 Å². The van der Waals surface area contributed by atoms with Gasteiger partial charge in [0.15, 0.2) is 17.3 Å². The Morgan fingerprint density at radius 2 is 1.95 bits per heavy atom. The Labute approximate surface area is 128 Å². The van der Waals surface area contributed by atoms with Crippen LogP contribution in [0.25, 0.3) is 0 Å². The molecule has 114 valence electrons. The zero-order chi connectivity index (χ0) is 14.8. The second kappa shape index (κ2) is 5.67. The van der Waals surface area contributed by atoms with Crippen molar-refractivity contribution in [3.63, 3.8) is 0 Å². The van der Waals surface area contributed by atoms with Crippen molar-refractivity contribution in [2.75, 3.05) is 17.4 Å². The molecule has 0 amide bonds. The second-order valence-corrected chi connectivity index (χ2v) is 5.48. The molecule has 22 heavy (non-hydrogen) atoms. The highest BCUT2D eigenvalue weighted by Gasteiger charge is 2.16. The molecule has 0 saturated heterocycles. The SMILES string of the molecule is c1cc2c(cc1Nc1nncc(NC3CCCC3)n1)OCO2. The van der Waals surface area contributed by atoms with Crippen LogP contribution < -0.4 is 20.1 Å². The summed E-state index contributed by atoms with van der Waals surface area (Å²) in [6, 6.07) is 6.12. The summed E-state index contributed by atoms with van der Waals surface area (Å²) in [5.74, 6) is 2.69. The molecular weight excluding hydrogens is 282 g/mol. The Morgan fingerprint density at radius 3 is 2.86 bits per heavy atom. The normalized spacial score (nSPS) is 16.7. The Morgan fingerprint density at radius 1 is 1.09 bits per heavy atom. The van der Waals surface area contributed by atoms with Crippen LogP contribution in [0.1, 0.15) is 25.7 Å². The summed E-state index contributed by atoms with van der Waals surface area (Å²) in [6.45, 7) is 0.262. The third kappa shape index (κ3) is 2.74. The highest BCUT2D eigenvalue weighted by Crippen LogP contribution is 2.34. The lowest BCUT2D eigenvalue weighted by Gasteiger charge is -2.12. The number of nitrogens with one attached hydrogen (secondary N) is 2. The monoisotopic (exact) mass is 299 g/mol. The first-order chi connectivity index (χ1) is 10.9. The third-order valence-electron chi connectivity index (χ3n) is 3.89. The summed E-state index contributed by atoms with van der Waals surface area (Å²) in [5, 5.41) is 14.6. The van der Waals surface area contributed by atoms with Gasteiger partial charge in [0.05, 0.1) is 6.20 Å². The maximum Gasteiger partial charge on any atom is 0.249 e. The van der Waals surface area contributed by atoms with Gasteiger partial charge in [-0.1, -0.05) is 12.8 Å². The molecule has 1 fully saturated rings. The molecule has 7 nitrogen and oxygen atoms in total. The van der Waals surface area contributed by atoms with Gasteiger partial charge in [-0.25, -0.2) is 0 Å². The summed E-state index contributed by atoms with van der Waals surface area (Å²) < 4.78 is 10.7. The molecule has 1 aromatic heterocycles. The van der Waals surface area contributed by atoms with E-state index in [1.807, 2.05) is 18.2 Å². The number of hydrogen-bond acceptors (Lipinski definition) is 7. The van der Waals surface area contributed by atoms with Crippen LogP contribution in [0.4, 0.5) is 17.5 Å². The molecule has 0 bridgehead atoms. The lowest BCUT2D eigenvalue weighted by atomic mass is 10.2. The first-order valence-electron chi connectivity index (χ1n) is 7.50. The smallest absolute Gasteiger partial charge is 0.249 e. The van der Waals surface area contributed by atoms with Crippen molar-refractivity contribution in [1.82, 2.24) is 15.2 Å². The van der Waals surface area contributed by atoms with E-state index in [2.05, 4.69) is 25.8 Å². The molecule has 0 spiro atoms. The van der Waals surface area contributed by atoms with Gasteiger partial charge < -0.3 is 20.1 Å². The second-order valence-electron chi connectivity index (χ2n) is 5.48. The van der Waals surface area contributed by atoms with Crippen LogP contribution in [0.15, 0.2) is 24.4 Å². The fourth-order valence-corrected chi connectivity index (χ4v) is 2.81. The molecule has 2 heterocycles. The standard InChI is InChI=1S/C15H17N5O2/c1-2-4-10(3-1)17-14-8-16-20-15(19-14)18-11-5-6-12-13(7-11)22-9-21-12/h5-8,10H,1-4,9H2,(H2,17,18,19,20). The number of aromatic nitrogens is 3. The lowest BCUT2D eigenvalue weighted by molar-refractivity contribution is 0.174. The quantitative estimate of drug-likeness (QED) is 0.898. The number of rotatable bonds is 4. The van der Waals surface area contributed by atoms with E-state index >= 15 is 0 Å². The minimum absolute atomic E-state index is 0.262. The summed E-state index contributed by atoms with van der Waals surface area (Å²) in [4.78, 5) is 4.46. The molecule has 0 atom stereocenters. The minimum atomic E-state index is 0.262. The molecular formula is C15H17N5O2. The van der Waals surface area contributed by atoms with Crippen LogP contribution in [-0.2, 0) is 0 Å². The van der Waals surface area contributed by atoms with Crippen molar-refractivity contribution in [2.45, 2.75) is 31.7 Å². The van der Waals surface area contributed by atoms with Gasteiger partial charge in [-0.05, 0) is 25.0 Å². The summed E-state index contributed by atoms with van der Waals surface area (Å²) in [5.41, 5.74) is 0.837. The fourth-order valence-electron chi connectivity index (χ4n) is 2.81. The molecule has 1 aliphatic carbocycles. The van der Waals surface area contributed by atoms with Crippen LogP contribution in [0.3, 0.4) is 0 Å². The molecule has 1 aliphatic heterocycles. The number of nitrogens with zero attached hydrogens (tertiary/aromatic N) is 3. The molecule has 2 N–H and O–H groups in total. The van der Waals surface area contributed by atoms with E-state index in [9.17, 15) is 0 Å². The Hall–Kier alpha value is -2.57. The van der Waals surface area contributed by atoms with Gasteiger partial charge in [-0.15, -0.1) is 5.10 Å². The number of benzene rings is 1. The highest BCUT2D eigenvalue weighted by atomic mass is 16.7. The number of fused-ring (bicyclic) bond motifs is 1. The average Bonchev–Trinajstić information content (AvgIpc) is 3.18. The maximum absolute atomic E-state index is 5.36. The Balaban J connectivity index is 1.48. The number of hydrogen-bond donors (Lipinski definition) is 2. The molecule has 1 saturated carbocycles. The number of ether oxygens (including phenoxy) is 2. The largest absolute Gasteiger partial charge is 0.454 e. The average molecular weight is 299 g/mol. The van der Waals surface area contributed by atoms with Gasteiger partial charge in [0, 0.05) is 17.8 Å². The summed E-state index contributed by atoms with van der Waals surface area (Å²) in [6.07, 6.45) is 6.59. The van der Waals surface area contributed by atoms with E-state index in [-0.39, 0.29) is 6.79 Å². The van der Waals surface area contributed by atoms with Gasteiger partial charge in [0.2, 0.25) is 12.7 Å². The van der Waals surface area contributed by atoms with Gasteiger partial charge in [0.1, 0.15) is 0 Å². The molecule has 7 heteroatoms. The zero-order valence-electron chi connectivity index (χ0n) is 12.1. The van der Waals surface area contributed by atoms with E-state index in [1.54, 1.807) is 6.20 Å². The number of anilines is 3. The lowest BCUT2D eigenvalue weighted by Crippen LogP contribution is -2.16. The summed E-state index contributed by atoms with van der Waals surface area (Å²) >= 11 is 0. The molecule has 0 unspecified atom stereocenters. The van der Waals surface area contributed by atoms with Crippen LogP contribution in [0.5, 0.6) is 11.5 Å². The Bertz CT molecular complexity index is 673. The van der Waals surface area contributed by atoms with Crippen LogP contribution >= 0.6 is 0 Å². The molecule has 2 aliphatic rings. The van der Waals surface area contributed by atoms with E-state index in [1.165, 1.54) is 25.7 Å². The first-order valence-corrected chi connectivity index (χ1v) is 7.50. The topological polar surface area (TPSA) is 81.2 Å². The van der Waals surface area contributed by atoms with Gasteiger partial charge >= 0.3 is 0 Å². The highest BCUT2D eigenvalue weighted by molar-refractivity contribution is 5.60. The molecule has 2 aromatic rings. The van der Waals surface area contributed by atoms with Gasteiger partial charge in [-0.3, -0.25) is 0 Å². The first kappa shape index (κ1) is 13.1. The van der Waals surface area contributed by atoms with Crippen molar-refractivity contribution in [1.29, 1.82) is 0 Å². The van der Waals surface area contributed by atoms with Gasteiger partial charge in [0.25, 0.3) is 0 Å². The van der Waals surface area contributed by atoms with Crippen molar-refractivity contribution in [2.24, 2.45) is 0 Å². The minimum Gasteiger partial charge on any atom is -0.454 e. The fraction of sp³-hybridized carbons (Fsp3) is 0.400. The van der Waals surface area contributed by atoms with E-state index in [4.69, 9.17) is 9.47 Å². The van der Waals surface area contributed by atoms with E-state index < -0.39 is 0 Å². The van der Waals surface area contributed by atoms with Crippen LogP contribution in [0, 0.1) is 0 Å². The van der Waals surface area contributed by atoms with Crippen LogP contribution in [-0.4, -0.2) is 28.0 Å². The van der Waals surface area contributed by atoms with E-state index in [0.717, 1.165) is 23.0 Å². The van der Waals surface area contributed by atoms with E-state index in [0.29, 0.717) is 12.0 Å². The maximum atomic E-state index is 5.36. The zero-order valence-corrected chi connectivity index (χ0v) is 12.1. The predicted octanol–water partition coefficient (Wildman–Crippen LogP) is 2.70. The Kier molecular flexibility index (Phi) is 3.38. The third-order valence-corrected chi connectivity index (χ3v) is 3.89. The molecule has 1 aromatic carbocycles. The van der Waals surface area contributed by atoms with Gasteiger partial charge in [-0.2, -0.15) is 10.1 Å².